The summed E-state index contributed by atoms with van der Waals surface area (Å²) in [6, 6.07) is 5.41. The van der Waals surface area contributed by atoms with Gasteiger partial charge in [0.25, 0.3) is 5.69 Å². The number of aliphatic hydroxyl groups excluding tert-OH is 1. The van der Waals surface area contributed by atoms with E-state index in [-0.39, 0.29) is 35.9 Å². The van der Waals surface area contributed by atoms with Gasteiger partial charge >= 0.3 is 5.97 Å². The highest BCUT2D eigenvalue weighted by molar-refractivity contribution is 8.04. The van der Waals surface area contributed by atoms with Crippen molar-refractivity contribution in [3.63, 3.8) is 0 Å². The second-order valence-corrected chi connectivity index (χ2v) is 9.97. The predicted molar refractivity (Wildman–Crippen MR) is 118 cm³/mol. The number of aromatic nitrogens is 1. The molecule has 168 valence electrons. The molecule has 2 aliphatic heterocycles. The Hall–Kier alpha value is -2.76. The van der Waals surface area contributed by atoms with E-state index in [9.17, 15) is 24.8 Å². The number of carbonyl (C=O) groups is 2. The minimum absolute atomic E-state index is 0.0528. The summed E-state index contributed by atoms with van der Waals surface area (Å²) in [5, 5.41) is 22.8. The van der Waals surface area contributed by atoms with Crippen LogP contribution in [0.2, 0.25) is 0 Å². The summed E-state index contributed by atoms with van der Waals surface area (Å²) < 4.78 is 6.24. The number of ether oxygens (including phenoxy) is 1. The third kappa shape index (κ3) is 3.91. The second-order valence-electron chi connectivity index (χ2n) is 7.82. The van der Waals surface area contributed by atoms with Gasteiger partial charge in [-0.05, 0) is 31.5 Å². The zero-order valence-corrected chi connectivity index (χ0v) is 19.2. The van der Waals surface area contributed by atoms with Crippen LogP contribution in [0, 0.1) is 28.9 Å². The monoisotopic (exact) mass is 475 g/mol. The van der Waals surface area contributed by atoms with Crippen molar-refractivity contribution in [1.29, 1.82) is 0 Å². The maximum absolute atomic E-state index is 13.1. The fraction of sp³-hybridized carbons (Fsp3) is 0.381. The highest BCUT2D eigenvalue weighted by Crippen LogP contribution is 2.52. The van der Waals surface area contributed by atoms with Gasteiger partial charge in [-0.15, -0.1) is 11.3 Å². The molecule has 3 heterocycles. The summed E-state index contributed by atoms with van der Waals surface area (Å²) >= 11 is 2.80. The number of hydrogen-bond donors (Lipinski definition) is 1. The molecule has 2 aromatic rings. The summed E-state index contributed by atoms with van der Waals surface area (Å²) in [6.45, 7) is 5.30. The molecule has 1 saturated heterocycles. The number of thiazole rings is 1. The van der Waals surface area contributed by atoms with Gasteiger partial charge in [0.15, 0.2) is 4.34 Å². The molecule has 1 fully saturated rings. The zero-order chi connectivity index (χ0) is 23.2. The smallest absolute Gasteiger partial charge is 0.356 e. The average Bonchev–Trinajstić information content (AvgIpc) is 3.26. The van der Waals surface area contributed by atoms with Crippen LogP contribution in [-0.2, 0) is 20.9 Å². The summed E-state index contributed by atoms with van der Waals surface area (Å²) in [6.07, 6.45) is -0.824. The van der Waals surface area contributed by atoms with Crippen LogP contribution in [0.1, 0.15) is 25.1 Å². The maximum Gasteiger partial charge on any atom is 0.356 e. The number of nitro benzene ring substituents is 1. The van der Waals surface area contributed by atoms with E-state index in [0.29, 0.717) is 10.5 Å². The van der Waals surface area contributed by atoms with E-state index in [1.807, 2.05) is 19.2 Å². The number of amides is 1. The molecule has 32 heavy (non-hydrogen) atoms. The molecule has 2 aliphatic rings. The number of rotatable bonds is 7. The third-order valence-corrected chi connectivity index (χ3v) is 7.96. The van der Waals surface area contributed by atoms with Gasteiger partial charge in [-0.1, -0.05) is 18.7 Å². The van der Waals surface area contributed by atoms with Crippen LogP contribution < -0.4 is 0 Å². The van der Waals surface area contributed by atoms with Gasteiger partial charge in [-0.2, -0.15) is 0 Å². The number of β-lactam (4-membered cyclic amide) rings is 1. The van der Waals surface area contributed by atoms with Crippen LogP contribution in [0.15, 0.2) is 44.6 Å². The fourth-order valence-electron chi connectivity index (χ4n) is 4.05. The van der Waals surface area contributed by atoms with Gasteiger partial charge in [0.2, 0.25) is 5.91 Å². The first-order valence-corrected chi connectivity index (χ1v) is 11.6. The molecule has 1 N–H and O–H groups in total. The van der Waals surface area contributed by atoms with Crippen molar-refractivity contribution in [2.45, 2.75) is 43.9 Å². The molecule has 4 atom stereocenters. The molecule has 0 bridgehead atoms. The normalized spacial score (nSPS) is 23.1. The van der Waals surface area contributed by atoms with Crippen LogP contribution in [0.4, 0.5) is 5.69 Å². The van der Waals surface area contributed by atoms with Gasteiger partial charge in [-0.25, -0.2) is 9.78 Å². The highest BCUT2D eigenvalue weighted by atomic mass is 32.2. The Morgan fingerprint density at radius 3 is 2.66 bits per heavy atom. The molecule has 1 aromatic carbocycles. The lowest BCUT2D eigenvalue weighted by molar-refractivity contribution is -0.384. The van der Waals surface area contributed by atoms with E-state index in [2.05, 4.69) is 4.98 Å². The first-order chi connectivity index (χ1) is 15.2. The van der Waals surface area contributed by atoms with Crippen molar-refractivity contribution in [1.82, 2.24) is 9.88 Å². The predicted octanol–water partition coefficient (Wildman–Crippen LogP) is 3.26. The maximum atomic E-state index is 13.1. The zero-order valence-electron chi connectivity index (χ0n) is 17.5. The standard InChI is InChI=1S/C21H21N3O6S2/c1-10-9-31-21(22-10)32-18-11(2)16-15(12(3)25)19(26)23(16)17(18)20(27)30-8-13-4-6-14(7-5-13)24(28)29/h4-7,9,11-12,15-16,25H,8H2,1-3H3/t11-,12?,15-,16-/m1/s1. The average molecular weight is 476 g/mol. The molecule has 1 amide bonds. The van der Waals surface area contributed by atoms with E-state index >= 15 is 0 Å². The summed E-state index contributed by atoms with van der Waals surface area (Å²) in [4.78, 5) is 42.7. The number of esters is 1. The number of aryl methyl sites for hydroxylation is 1. The molecule has 1 unspecified atom stereocenters. The van der Waals surface area contributed by atoms with Crippen LogP contribution in [0.25, 0.3) is 0 Å². The Labute approximate surface area is 192 Å². The Balaban J connectivity index is 1.58. The highest BCUT2D eigenvalue weighted by Gasteiger charge is 2.60. The van der Waals surface area contributed by atoms with Crippen molar-refractivity contribution in [2.75, 3.05) is 0 Å². The number of hydrogen-bond acceptors (Lipinski definition) is 9. The molecule has 11 heteroatoms. The lowest BCUT2D eigenvalue weighted by Crippen LogP contribution is -2.63. The van der Waals surface area contributed by atoms with Crippen LogP contribution in [-0.4, -0.2) is 43.9 Å². The van der Waals surface area contributed by atoms with Gasteiger partial charge in [0.1, 0.15) is 12.3 Å². The molecule has 4 rings (SSSR count). The van der Waals surface area contributed by atoms with Gasteiger partial charge in [-0.3, -0.25) is 14.9 Å². The van der Waals surface area contributed by atoms with Crippen molar-refractivity contribution in [2.24, 2.45) is 11.8 Å². The minimum atomic E-state index is -0.824. The number of fused-ring (bicyclic) bond motifs is 1. The van der Waals surface area contributed by atoms with Gasteiger partial charge in [0.05, 0.1) is 23.0 Å². The van der Waals surface area contributed by atoms with Crippen LogP contribution in [0.5, 0.6) is 0 Å². The van der Waals surface area contributed by atoms with E-state index < -0.39 is 22.9 Å². The summed E-state index contributed by atoms with van der Waals surface area (Å²) in [7, 11) is 0. The molecule has 0 radical (unpaired) electrons. The third-order valence-electron chi connectivity index (χ3n) is 5.61. The van der Waals surface area contributed by atoms with E-state index in [0.717, 1.165) is 10.0 Å². The number of nitro groups is 1. The number of carbonyl (C=O) groups excluding carboxylic acids is 2. The molecule has 9 nitrogen and oxygen atoms in total. The summed E-state index contributed by atoms with van der Waals surface area (Å²) in [5.74, 6) is -1.68. The molecule has 0 aliphatic carbocycles. The Morgan fingerprint density at radius 1 is 1.41 bits per heavy atom. The van der Waals surface area contributed by atoms with Crippen LogP contribution >= 0.6 is 23.1 Å². The molecular weight excluding hydrogens is 454 g/mol. The SMILES string of the molecule is Cc1csc(SC2=C(C(=O)OCc3ccc([N+](=O)[O-])cc3)N3C(=O)[C@H](C(C)O)[C@H]3[C@H]2C)n1. The lowest BCUT2D eigenvalue weighted by Gasteiger charge is -2.46. The molecule has 0 saturated carbocycles. The Bertz CT molecular complexity index is 1110. The lowest BCUT2D eigenvalue weighted by atomic mass is 9.79. The van der Waals surface area contributed by atoms with Crippen LogP contribution in [0.3, 0.4) is 0 Å². The topological polar surface area (TPSA) is 123 Å². The van der Waals surface area contributed by atoms with Crippen molar-refractivity contribution in [3.8, 4) is 0 Å². The molecular formula is C21H21N3O6S2. The number of nitrogens with zero attached hydrogens (tertiary/aromatic N) is 3. The van der Waals surface area contributed by atoms with Crippen molar-refractivity contribution in [3.05, 3.63) is 61.6 Å². The Kier molecular flexibility index (Phi) is 6.06. The number of non-ortho nitro benzene ring substituents is 1. The molecule has 0 spiro atoms. The van der Waals surface area contributed by atoms with E-state index in [1.54, 1.807) is 6.92 Å². The number of aliphatic hydroxyl groups is 1. The fourth-order valence-corrected chi connectivity index (χ4v) is 6.16. The summed E-state index contributed by atoms with van der Waals surface area (Å²) in [5.41, 5.74) is 1.59. The minimum Gasteiger partial charge on any atom is -0.456 e. The molecule has 1 aromatic heterocycles. The Morgan fingerprint density at radius 2 is 2.09 bits per heavy atom. The quantitative estimate of drug-likeness (QED) is 0.280. The van der Waals surface area contributed by atoms with E-state index in [1.165, 1.54) is 52.3 Å². The van der Waals surface area contributed by atoms with Crippen molar-refractivity contribution < 1.29 is 24.4 Å². The number of thioether (sulfide) groups is 1. The van der Waals surface area contributed by atoms with Crippen molar-refractivity contribution >= 4 is 40.7 Å². The second kappa shape index (κ2) is 8.64. The van der Waals surface area contributed by atoms with Gasteiger partial charge < -0.3 is 14.7 Å². The first-order valence-electron chi connectivity index (χ1n) is 9.94. The number of benzene rings is 1. The van der Waals surface area contributed by atoms with E-state index in [4.69, 9.17) is 4.74 Å². The van der Waals surface area contributed by atoms with Gasteiger partial charge in [0, 0.05) is 34.0 Å². The largest absolute Gasteiger partial charge is 0.456 e. The first kappa shape index (κ1) is 22.4.